The fraction of sp³-hybridized carbons (Fsp3) is 0.929. The molecule has 1 saturated carbocycles. The first kappa shape index (κ1) is 16.4. The fourth-order valence-electron chi connectivity index (χ4n) is 2.47. The minimum atomic E-state index is -0.219. The first-order valence-electron chi connectivity index (χ1n) is 7.38. The minimum absolute atomic E-state index is 0.173. The Morgan fingerprint density at radius 1 is 1.42 bits per heavy atom. The van der Waals surface area contributed by atoms with E-state index >= 15 is 0 Å². The van der Waals surface area contributed by atoms with Crippen molar-refractivity contribution in [1.29, 1.82) is 0 Å². The number of amides is 1. The van der Waals surface area contributed by atoms with Crippen LogP contribution >= 0.6 is 0 Å². The molecule has 2 unspecified atom stereocenters. The van der Waals surface area contributed by atoms with E-state index in [4.69, 9.17) is 5.73 Å². The molecule has 1 rings (SSSR count). The van der Waals surface area contributed by atoms with Crippen LogP contribution in [-0.4, -0.2) is 67.6 Å². The van der Waals surface area contributed by atoms with Crippen LogP contribution in [0.3, 0.4) is 0 Å². The van der Waals surface area contributed by atoms with E-state index < -0.39 is 0 Å². The molecular weight excluding hydrogens is 240 g/mol. The maximum absolute atomic E-state index is 11.4. The molecule has 5 nitrogen and oxygen atoms in total. The van der Waals surface area contributed by atoms with Crippen molar-refractivity contribution in [3.63, 3.8) is 0 Å². The Bertz CT molecular complexity index is 279. The number of nitrogens with zero attached hydrogens (tertiary/aromatic N) is 2. The van der Waals surface area contributed by atoms with Crippen molar-refractivity contribution in [2.24, 2.45) is 5.73 Å². The summed E-state index contributed by atoms with van der Waals surface area (Å²) in [5.41, 5.74) is 5.47. The van der Waals surface area contributed by atoms with Crippen LogP contribution in [0.25, 0.3) is 0 Å². The van der Waals surface area contributed by atoms with Gasteiger partial charge in [-0.25, -0.2) is 0 Å². The number of hydrogen-bond donors (Lipinski definition) is 2. The van der Waals surface area contributed by atoms with E-state index in [2.05, 4.69) is 43.1 Å². The van der Waals surface area contributed by atoms with Crippen LogP contribution < -0.4 is 11.1 Å². The van der Waals surface area contributed by atoms with Crippen molar-refractivity contribution in [2.45, 2.75) is 51.2 Å². The zero-order valence-electron chi connectivity index (χ0n) is 12.9. The Hall–Kier alpha value is -0.650. The molecule has 0 aliphatic heterocycles. The van der Waals surface area contributed by atoms with Crippen molar-refractivity contribution >= 4 is 5.91 Å². The number of likely N-dealkylation sites (N-methyl/N-ethyl adjacent to an activating group) is 2. The Labute approximate surface area is 117 Å². The van der Waals surface area contributed by atoms with Crippen LogP contribution in [0.1, 0.15) is 33.1 Å². The van der Waals surface area contributed by atoms with Gasteiger partial charge in [-0.3, -0.25) is 9.69 Å². The molecule has 3 N–H and O–H groups in total. The molecule has 0 aromatic rings. The summed E-state index contributed by atoms with van der Waals surface area (Å²) >= 11 is 0. The molecule has 1 amide bonds. The molecule has 0 spiro atoms. The number of carbonyl (C=O) groups is 1. The van der Waals surface area contributed by atoms with Crippen LogP contribution in [0.15, 0.2) is 0 Å². The van der Waals surface area contributed by atoms with Gasteiger partial charge in [-0.15, -0.1) is 0 Å². The maximum Gasteiger partial charge on any atom is 0.234 e. The molecule has 0 bridgehead atoms. The summed E-state index contributed by atoms with van der Waals surface area (Å²) in [6.45, 7) is 7.35. The number of hydrogen-bond acceptors (Lipinski definition) is 4. The van der Waals surface area contributed by atoms with E-state index in [-0.39, 0.29) is 11.9 Å². The molecule has 0 radical (unpaired) electrons. The van der Waals surface area contributed by atoms with Crippen molar-refractivity contribution in [2.75, 3.05) is 33.7 Å². The van der Waals surface area contributed by atoms with Crippen LogP contribution in [-0.2, 0) is 4.79 Å². The second-order valence-corrected chi connectivity index (χ2v) is 5.92. The number of rotatable bonds is 10. The molecule has 1 aliphatic rings. The smallest absolute Gasteiger partial charge is 0.234 e. The van der Waals surface area contributed by atoms with Gasteiger partial charge in [-0.05, 0) is 46.8 Å². The highest BCUT2D eigenvalue weighted by molar-refractivity contribution is 5.79. The molecule has 1 aliphatic carbocycles. The quantitative estimate of drug-likeness (QED) is 0.597. The fourth-order valence-corrected chi connectivity index (χ4v) is 2.47. The highest BCUT2D eigenvalue weighted by Crippen LogP contribution is 2.20. The van der Waals surface area contributed by atoms with Crippen LogP contribution in [0.5, 0.6) is 0 Å². The average Bonchev–Trinajstić information content (AvgIpc) is 3.10. The lowest BCUT2D eigenvalue weighted by molar-refractivity contribution is -0.120. The molecule has 112 valence electrons. The van der Waals surface area contributed by atoms with Crippen LogP contribution in [0, 0.1) is 0 Å². The third kappa shape index (κ3) is 6.36. The lowest BCUT2D eigenvalue weighted by Crippen LogP contribution is -2.47. The van der Waals surface area contributed by atoms with Gasteiger partial charge < -0.3 is 16.0 Å². The molecule has 19 heavy (non-hydrogen) atoms. The summed E-state index contributed by atoms with van der Waals surface area (Å²) in [6.07, 6.45) is 3.16. The van der Waals surface area contributed by atoms with Gasteiger partial charge in [0.25, 0.3) is 0 Å². The SMILES string of the molecule is CCN(CCC(NC1CC1)C(N)=O)C(C)CN(C)C. The Morgan fingerprint density at radius 2 is 2.05 bits per heavy atom. The molecular formula is C14H30N4O. The Kier molecular flexibility index (Phi) is 6.75. The van der Waals surface area contributed by atoms with Crippen molar-refractivity contribution in [3.05, 3.63) is 0 Å². The van der Waals surface area contributed by atoms with E-state index in [0.29, 0.717) is 12.1 Å². The summed E-state index contributed by atoms with van der Waals surface area (Å²) in [7, 11) is 4.18. The van der Waals surface area contributed by atoms with Gasteiger partial charge in [0.2, 0.25) is 5.91 Å². The minimum Gasteiger partial charge on any atom is -0.368 e. The van der Waals surface area contributed by atoms with Crippen LogP contribution in [0.4, 0.5) is 0 Å². The number of primary amides is 1. The standard InChI is InChI=1S/C14H30N4O/c1-5-18(11(2)10-17(3)4)9-8-13(14(15)19)16-12-6-7-12/h11-13,16H,5-10H2,1-4H3,(H2,15,19). The second kappa shape index (κ2) is 7.82. The first-order valence-corrected chi connectivity index (χ1v) is 7.38. The Balaban J connectivity index is 2.38. The highest BCUT2D eigenvalue weighted by atomic mass is 16.1. The molecule has 0 aromatic heterocycles. The van der Waals surface area contributed by atoms with E-state index in [1.165, 1.54) is 12.8 Å². The van der Waals surface area contributed by atoms with Crippen molar-refractivity contribution < 1.29 is 4.79 Å². The summed E-state index contributed by atoms with van der Waals surface area (Å²) < 4.78 is 0. The van der Waals surface area contributed by atoms with Gasteiger partial charge in [0.05, 0.1) is 6.04 Å². The number of carbonyl (C=O) groups excluding carboxylic acids is 1. The third-order valence-corrected chi connectivity index (χ3v) is 3.72. The lowest BCUT2D eigenvalue weighted by Gasteiger charge is -2.31. The van der Waals surface area contributed by atoms with E-state index in [0.717, 1.165) is 26.1 Å². The predicted octanol–water partition coefficient (Wildman–Crippen LogP) is 0.254. The third-order valence-electron chi connectivity index (χ3n) is 3.72. The van der Waals surface area contributed by atoms with E-state index in [1.54, 1.807) is 0 Å². The highest BCUT2D eigenvalue weighted by Gasteiger charge is 2.27. The lowest BCUT2D eigenvalue weighted by atomic mass is 10.1. The first-order chi connectivity index (χ1) is 8.93. The molecule has 5 heteroatoms. The normalized spacial score (nSPS) is 18.8. The van der Waals surface area contributed by atoms with Gasteiger partial charge in [0.1, 0.15) is 0 Å². The molecule has 1 fully saturated rings. The monoisotopic (exact) mass is 270 g/mol. The molecule has 0 heterocycles. The summed E-state index contributed by atoms with van der Waals surface area (Å²) in [4.78, 5) is 16.0. The van der Waals surface area contributed by atoms with Crippen molar-refractivity contribution in [1.82, 2.24) is 15.1 Å². The maximum atomic E-state index is 11.4. The zero-order chi connectivity index (χ0) is 14.4. The topological polar surface area (TPSA) is 61.6 Å². The molecule has 0 aromatic carbocycles. The van der Waals surface area contributed by atoms with Gasteiger partial charge >= 0.3 is 0 Å². The van der Waals surface area contributed by atoms with E-state index in [9.17, 15) is 4.79 Å². The van der Waals surface area contributed by atoms with Gasteiger partial charge in [-0.1, -0.05) is 6.92 Å². The predicted molar refractivity (Wildman–Crippen MR) is 79.0 cm³/mol. The van der Waals surface area contributed by atoms with Crippen LogP contribution in [0.2, 0.25) is 0 Å². The molecule has 2 atom stereocenters. The largest absolute Gasteiger partial charge is 0.368 e. The second-order valence-electron chi connectivity index (χ2n) is 5.92. The summed E-state index contributed by atoms with van der Waals surface area (Å²) in [5, 5.41) is 3.34. The van der Waals surface area contributed by atoms with Gasteiger partial charge in [0, 0.05) is 25.2 Å². The number of nitrogens with one attached hydrogen (secondary N) is 1. The zero-order valence-corrected chi connectivity index (χ0v) is 12.9. The van der Waals surface area contributed by atoms with E-state index in [1.807, 2.05) is 0 Å². The summed E-state index contributed by atoms with van der Waals surface area (Å²) in [5.74, 6) is -0.219. The average molecular weight is 270 g/mol. The van der Waals surface area contributed by atoms with Gasteiger partial charge in [-0.2, -0.15) is 0 Å². The Morgan fingerprint density at radius 3 is 2.47 bits per heavy atom. The van der Waals surface area contributed by atoms with Crippen molar-refractivity contribution in [3.8, 4) is 0 Å². The summed E-state index contributed by atoms with van der Waals surface area (Å²) in [6, 6.07) is 0.842. The molecule has 0 saturated heterocycles. The van der Waals surface area contributed by atoms with Gasteiger partial charge in [0.15, 0.2) is 0 Å². The number of nitrogens with two attached hydrogens (primary N) is 1.